The molecular weight excluding hydrogens is 176 g/mol. The summed E-state index contributed by atoms with van der Waals surface area (Å²) in [6.45, 7) is 5.08. The molecule has 3 nitrogen and oxygen atoms in total. The van der Waals surface area contributed by atoms with E-state index >= 15 is 0 Å². The molecule has 0 radical (unpaired) electrons. The second-order valence-corrected chi connectivity index (χ2v) is 4.82. The number of nitrogens with one attached hydrogen (secondary N) is 1. The summed E-state index contributed by atoms with van der Waals surface area (Å²) in [6.07, 6.45) is 4.93. The quantitative estimate of drug-likeness (QED) is 0.730. The molecule has 1 heterocycles. The second kappa shape index (κ2) is 4.30. The van der Waals surface area contributed by atoms with Gasteiger partial charge in [0.05, 0.1) is 6.54 Å². The highest BCUT2D eigenvalue weighted by atomic mass is 16.2. The van der Waals surface area contributed by atoms with Crippen LogP contribution in [0.5, 0.6) is 0 Å². The van der Waals surface area contributed by atoms with E-state index in [-0.39, 0.29) is 5.91 Å². The minimum Gasteiger partial charge on any atom is -0.352 e. The molecule has 0 spiro atoms. The number of carbonyl (C=O) groups is 1. The van der Waals surface area contributed by atoms with Crippen molar-refractivity contribution in [2.45, 2.75) is 38.6 Å². The lowest BCUT2D eigenvalue weighted by Crippen LogP contribution is -2.42. The Morgan fingerprint density at radius 1 is 1.43 bits per heavy atom. The Bertz CT molecular complexity index is 213. The molecule has 0 aromatic rings. The first-order valence-corrected chi connectivity index (χ1v) is 5.76. The van der Waals surface area contributed by atoms with Gasteiger partial charge < -0.3 is 5.32 Å². The molecule has 1 aliphatic carbocycles. The third-order valence-electron chi connectivity index (χ3n) is 3.05. The van der Waals surface area contributed by atoms with Crippen LogP contribution in [0.4, 0.5) is 0 Å². The first kappa shape index (κ1) is 9.97. The molecule has 0 bridgehead atoms. The number of rotatable bonds is 3. The third kappa shape index (κ3) is 2.98. The first-order valence-electron chi connectivity index (χ1n) is 5.76. The summed E-state index contributed by atoms with van der Waals surface area (Å²) in [5.41, 5.74) is 0. The number of carbonyl (C=O) groups excluding carboxylic acids is 1. The molecule has 1 N–H and O–H groups in total. The van der Waals surface area contributed by atoms with Crippen LogP contribution in [0.1, 0.15) is 32.6 Å². The highest BCUT2D eigenvalue weighted by Crippen LogP contribution is 2.19. The van der Waals surface area contributed by atoms with Gasteiger partial charge in [0, 0.05) is 12.6 Å². The van der Waals surface area contributed by atoms with E-state index in [1.54, 1.807) is 0 Å². The van der Waals surface area contributed by atoms with Crippen LogP contribution in [0.3, 0.4) is 0 Å². The van der Waals surface area contributed by atoms with Crippen molar-refractivity contribution in [3.05, 3.63) is 0 Å². The van der Waals surface area contributed by atoms with Crippen LogP contribution in [0.2, 0.25) is 0 Å². The lowest BCUT2D eigenvalue weighted by atomic mass is 10.0. The van der Waals surface area contributed by atoms with Crippen molar-refractivity contribution < 1.29 is 4.79 Å². The molecule has 0 aromatic carbocycles. The molecule has 1 amide bonds. The Kier molecular flexibility index (Phi) is 3.06. The van der Waals surface area contributed by atoms with Crippen molar-refractivity contribution >= 4 is 5.91 Å². The zero-order valence-electron chi connectivity index (χ0n) is 8.96. The smallest absolute Gasteiger partial charge is 0.234 e. The summed E-state index contributed by atoms with van der Waals surface area (Å²) in [4.78, 5) is 13.8. The van der Waals surface area contributed by atoms with Gasteiger partial charge in [0.25, 0.3) is 0 Å². The Labute approximate surface area is 85.8 Å². The van der Waals surface area contributed by atoms with E-state index in [0.29, 0.717) is 12.6 Å². The first-order chi connectivity index (χ1) is 6.74. The minimum absolute atomic E-state index is 0.224. The fourth-order valence-corrected chi connectivity index (χ4v) is 2.13. The van der Waals surface area contributed by atoms with Crippen LogP contribution in [0.25, 0.3) is 0 Å². The number of amides is 1. The SMILES string of the molecule is CC1CCCN(CC(=O)NC2CC2)C1. The van der Waals surface area contributed by atoms with E-state index < -0.39 is 0 Å². The van der Waals surface area contributed by atoms with Crippen molar-refractivity contribution in [3.63, 3.8) is 0 Å². The maximum Gasteiger partial charge on any atom is 0.234 e. The van der Waals surface area contributed by atoms with Gasteiger partial charge in [-0.05, 0) is 38.1 Å². The lowest BCUT2D eigenvalue weighted by Gasteiger charge is -2.30. The zero-order valence-corrected chi connectivity index (χ0v) is 8.96. The maximum absolute atomic E-state index is 11.5. The molecule has 2 fully saturated rings. The number of hydrogen-bond acceptors (Lipinski definition) is 2. The Morgan fingerprint density at radius 2 is 2.21 bits per heavy atom. The summed E-state index contributed by atoms with van der Waals surface area (Å²) < 4.78 is 0. The summed E-state index contributed by atoms with van der Waals surface area (Å²) in [5.74, 6) is 0.985. The van der Waals surface area contributed by atoms with E-state index in [0.717, 1.165) is 19.0 Å². The number of nitrogens with zero attached hydrogens (tertiary/aromatic N) is 1. The average molecular weight is 196 g/mol. The van der Waals surface area contributed by atoms with Crippen LogP contribution < -0.4 is 5.32 Å². The van der Waals surface area contributed by atoms with Crippen molar-refractivity contribution in [1.82, 2.24) is 10.2 Å². The molecule has 1 saturated heterocycles. The molecule has 1 aliphatic heterocycles. The Morgan fingerprint density at radius 3 is 2.86 bits per heavy atom. The van der Waals surface area contributed by atoms with E-state index in [9.17, 15) is 4.79 Å². The Hall–Kier alpha value is -0.570. The summed E-state index contributed by atoms with van der Waals surface area (Å²) in [5, 5.41) is 3.04. The van der Waals surface area contributed by atoms with Gasteiger partial charge in [-0.3, -0.25) is 9.69 Å². The second-order valence-electron chi connectivity index (χ2n) is 4.82. The summed E-state index contributed by atoms with van der Waals surface area (Å²) >= 11 is 0. The standard InChI is InChI=1S/C11H20N2O/c1-9-3-2-6-13(7-9)8-11(14)12-10-4-5-10/h9-10H,2-8H2,1H3,(H,12,14). The topological polar surface area (TPSA) is 32.3 Å². The van der Waals surface area contributed by atoms with Crippen LogP contribution in [0.15, 0.2) is 0 Å². The zero-order chi connectivity index (χ0) is 9.97. The predicted molar refractivity (Wildman–Crippen MR) is 56.0 cm³/mol. The highest BCUT2D eigenvalue weighted by Gasteiger charge is 2.25. The van der Waals surface area contributed by atoms with Crippen molar-refractivity contribution in [2.24, 2.45) is 5.92 Å². The summed E-state index contributed by atoms with van der Waals surface area (Å²) in [6, 6.07) is 0.504. The number of hydrogen-bond donors (Lipinski definition) is 1. The van der Waals surface area contributed by atoms with E-state index in [2.05, 4.69) is 17.1 Å². The van der Waals surface area contributed by atoms with Gasteiger partial charge in [0.1, 0.15) is 0 Å². The van der Waals surface area contributed by atoms with Crippen molar-refractivity contribution in [2.75, 3.05) is 19.6 Å². The van der Waals surface area contributed by atoms with Gasteiger partial charge in [-0.2, -0.15) is 0 Å². The molecule has 1 atom stereocenters. The monoisotopic (exact) mass is 196 g/mol. The van der Waals surface area contributed by atoms with Crippen molar-refractivity contribution in [3.8, 4) is 0 Å². The van der Waals surface area contributed by atoms with E-state index in [1.165, 1.54) is 25.7 Å². The van der Waals surface area contributed by atoms with Gasteiger partial charge in [0.15, 0.2) is 0 Å². The fraction of sp³-hybridized carbons (Fsp3) is 0.909. The molecule has 0 aromatic heterocycles. The average Bonchev–Trinajstić information content (AvgIpc) is 2.87. The van der Waals surface area contributed by atoms with Crippen molar-refractivity contribution in [1.29, 1.82) is 0 Å². The maximum atomic E-state index is 11.5. The largest absolute Gasteiger partial charge is 0.352 e. The van der Waals surface area contributed by atoms with E-state index in [1.807, 2.05) is 0 Å². The minimum atomic E-state index is 0.224. The van der Waals surface area contributed by atoms with Crippen LogP contribution in [0, 0.1) is 5.92 Å². The van der Waals surface area contributed by atoms with Crippen LogP contribution in [-0.2, 0) is 4.79 Å². The molecule has 3 heteroatoms. The molecule has 1 saturated carbocycles. The van der Waals surface area contributed by atoms with Crippen LogP contribution in [-0.4, -0.2) is 36.5 Å². The Balaban J connectivity index is 1.69. The van der Waals surface area contributed by atoms with E-state index in [4.69, 9.17) is 0 Å². The normalized spacial score (nSPS) is 28.8. The fourth-order valence-electron chi connectivity index (χ4n) is 2.13. The third-order valence-corrected chi connectivity index (χ3v) is 3.05. The van der Waals surface area contributed by atoms with Gasteiger partial charge in [0.2, 0.25) is 5.91 Å². The van der Waals surface area contributed by atoms with Gasteiger partial charge in [-0.25, -0.2) is 0 Å². The molecular formula is C11H20N2O. The van der Waals surface area contributed by atoms with Crippen LogP contribution >= 0.6 is 0 Å². The number of likely N-dealkylation sites (tertiary alicyclic amines) is 1. The van der Waals surface area contributed by atoms with Gasteiger partial charge in [-0.1, -0.05) is 6.92 Å². The lowest BCUT2D eigenvalue weighted by molar-refractivity contribution is -0.122. The summed E-state index contributed by atoms with van der Waals surface area (Å²) in [7, 11) is 0. The van der Waals surface area contributed by atoms with Gasteiger partial charge >= 0.3 is 0 Å². The predicted octanol–water partition coefficient (Wildman–Crippen LogP) is 0.997. The molecule has 2 rings (SSSR count). The molecule has 1 unspecified atom stereocenters. The molecule has 80 valence electrons. The molecule has 14 heavy (non-hydrogen) atoms. The highest BCUT2D eigenvalue weighted by molar-refractivity contribution is 5.78. The number of piperidine rings is 1. The molecule has 2 aliphatic rings. The van der Waals surface area contributed by atoms with Gasteiger partial charge in [-0.15, -0.1) is 0 Å².